The quantitative estimate of drug-likeness (QED) is 0.0376. The molecular weight excluding hydrogens is 494 g/mol. The van der Waals surface area contributed by atoms with Crippen molar-refractivity contribution in [2.45, 2.75) is 13.3 Å². The number of nitrogens with one attached hydrogen (secondary N) is 5. The Labute approximate surface area is 241 Å². The number of hydrogen-bond donors (Lipinski definition) is 10. The molecule has 0 aliphatic rings. The summed E-state index contributed by atoms with van der Waals surface area (Å²) < 4.78 is 0. The maximum Gasteiger partial charge on any atom is 0.0110 e. The van der Waals surface area contributed by atoms with Gasteiger partial charge in [0.25, 0.3) is 0 Å². The topological polar surface area (TPSA) is 200 Å². The van der Waals surface area contributed by atoms with E-state index >= 15 is 0 Å². The fraction of sp³-hybridized carbons (Fsp3) is 1.00. The molecule has 0 bridgehead atoms. The van der Waals surface area contributed by atoms with Gasteiger partial charge < -0.3 is 55.3 Å². The van der Waals surface area contributed by atoms with Crippen molar-refractivity contribution in [1.82, 2.24) is 41.3 Å². The average molecular weight is 564 g/mol. The van der Waals surface area contributed by atoms with E-state index in [-0.39, 0.29) is 0 Å². The Morgan fingerprint density at radius 1 is 0.385 bits per heavy atom. The fourth-order valence-corrected chi connectivity index (χ4v) is 3.90. The van der Waals surface area contributed by atoms with Crippen LogP contribution in [0.3, 0.4) is 0 Å². The highest BCUT2D eigenvalue weighted by Crippen LogP contribution is 1.93. The summed E-state index contributed by atoms with van der Waals surface area (Å²) in [4.78, 5) is 7.36. The molecule has 0 rings (SSSR count). The first-order chi connectivity index (χ1) is 19.1. The first-order valence-corrected chi connectivity index (χ1v) is 15.3. The molecular formula is C26H69N13. The molecule has 13 nitrogen and oxygen atoms in total. The van der Waals surface area contributed by atoms with Gasteiger partial charge in [-0.2, -0.15) is 0 Å². The van der Waals surface area contributed by atoms with E-state index in [9.17, 15) is 0 Å². The van der Waals surface area contributed by atoms with E-state index in [1.165, 1.54) is 6.42 Å². The predicted octanol–water partition coefficient (Wildman–Crippen LogP) is -4.34. The van der Waals surface area contributed by atoms with Crippen LogP contribution in [0.15, 0.2) is 0 Å². The zero-order valence-corrected chi connectivity index (χ0v) is 25.7. The SMILES string of the molecule is CCCNC.NCCNCCN(CCNCCN)CCN(CCNCCN)CCNCCN(CCN)CCN. The summed E-state index contributed by atoms with van der Waals surface area (Å²) in [7, 11) is 1.96. The second-order valence-electron chi connectivity index (χ2n) is 9.57. The predicted molar refractivity (Wildman–Crippen MR) is 170 cm³/mol. The first-order valence-electron chi connectivity index (χ1n) is 15.3. The second-order valence-corrected chi connectivity index (χ2v) is 9.57. The molecule has 0 atom stereocenters. The Hall–Kier alpha value is -0.520. The molecule has 0 aromatic heterocycles. The number of nitrogens with two attached hydrogens (primary N) is 5. The van der Waals surface area contributed by atoms with E-state index < -0.39 is 0 Å². The third-order valence-electron chi connectivity index (χ3n) is 6.11. The van der Waals surface area contributed by atoms with Gasteiger partial charge in [-0.3, -0.25) is 14.7 Å². The summed E-state index contributed by atoms with van der Waals surface area (Å²) in [6.07, 6.45) is 1.23. The second kappa shape index (κ2) is 35.5. The van der Waals surface area contributed by atoms with Gasteiger partial charge in [0, 0.05) is 144 Å². The lowest BCUT2D eigenvalue weighted by molar-refractivity contribution is 0.203. The molecule has 0 aliphatic carbocycles. The lowest BCUT2D eigenvalue weighted by atomic mass is 10.3. The monoisotopic (exact) mass is 564 g/mol. The van der Waals surface area contributed by atoms with Gasteiger partial charge in [-0.25, -0.2) is 0 Å². The van der Waals surface area contributed by atoms with Gasteiger partial charge in [-0.05, 0) is 20.0 Å². The van der Waals surface area contributed by atoms with Crippen LogP contribution in [0.5, 0.6) is 0 Å². The van der Waals surface area contributed by atoms with Crippen molar-refractivity contribution in [3.63, 3.8) is 0 Å². The van der Waals surface area contributed by atoms with Crippen LogP contribution in [-0.2, 0) is 0 Å². The molecule has 13 heteroatoms. The van der Waals surface area contributed by atoms with Crippen LogP contribution in [0.2, 0.25) is 0 Å². The van der Waals surface area contributed by atoms with Crippen molar-refractivity contribution in [2.75, 3.05) is 158 Å². The molecule has 0 radical (unpaired) electrons. The molecule has 0 unspecified atom stereocenters. The average Bonchev–Trinajstić information content (AvgIpc) is 2.94. The minimum atomic E-state index is 0.670. The van der Waals surface area contributed by atoms with Gasteiger partial charge >= 0.3 is 0 Å². The molecule has 0 spiro atoms. The standard InChI is InChI=1S/C22H58N12.C4H11N/c23-1-6-28-9-17-33(18-10-29-7-2-24)21-22-34(19-11-30-8-3-25)20-13-31-12-16-32(14-4-26)15-5-27;1-3-4-5-2/h28-31H,1-27H2;5H,3-4H2,1-2H3. The van der Waals surface area contributed by atoms with Gasteiger partial charge in [0.15, 0.2) is 0 Å². The summed E-state index contributed by atoms with van der Waals surface area (Å²) in [5.41, 5.74) is 28.2. The highest BCUT2D eigenvalue weighted by molar-refractivity contribution is 4.69. The van der Waals surface area contributed by atoms with Crippen LogP contribution >= 0.6 is 0 Å². The van der Waals surface area contributed by atoms with E-state index in [1.54, 1.807) is 0 Å². The molecule has 0 amide bonds. The maximum atomic E-state index is 5.70. The van der Waals surface area contributed by atoms with Crippen molar-refractivity contribution in [3.05, 3.63) is 0 Å². The van der Waals surface area contributed by atoms with E-state index in [1.807, 2.05) is 7.05 Å². The third kappa shape index (κ3) is 31.9. The smallest absolute Gasteiger partial charge is 0.0110 e. The van der Waals surface area contributed by atoms with Crippen molar-refractivity contribution < 1.29 is 0 Å². The number of nitrogens with zero attached hydrogens (tertiary/aromatic N) is 3. The minimum Gasteiger partial charge on any atom is -0.329 e. The molecule has 0 aliphatic heterocycles. The van der Waals surface area contributed by atoms with Crippen molar-refractivity contribution >= 4 is 0 Å². The largest absolute Gasteiger partial charge is 0.329 e. The highest BCUT2D eigenvalue weighted by Gasteiger charge is 2.10. The summed E-state index contributed by atoms with van der Waals surface area (Å²) in [5, 5.41) is 16.8. The minimum absolute atomic E-state index is 0.670. The van der Waals surface area contributed by atoms with Gasteiger partial charge in [0.1, 0.15) is 0 Å². The molecule has 0 heterocycles. The third-order valence-corrected chi connectivity index (χ3v) is 6.11. The van der Waals surface area contributed by atoms with Gasteiger partial charge in [-0.1, -0.05) is 6.92 Å². The normalized spacial score (nSPS) is 11.5. The zero-order valence-electron chi connectivity index (χ0n) is 25.7. The Balaban J connectivity index is 0. The maximum absolute atomic E-state index is 5.70. The molecule has 238 valence electrons. The summed E-state index contributed by atoms with van der Waals surface area (Å²) >= 11 is 0. The van der Waals surface area contributed by atoms with Crippen LogP contribution in [0.25, 0.3) is 0 Å². The lowest BCUT2D eigenvalue weighted by Crippen LogP contribution is -2.45. The van der Waals surface area contributed by atoms with E-state index in [2.05, 4.69) is 48.2 Å². The molecule has 0 aromatic carbocycles. The molecule has 0 saturated carbocycles. The van der Waals surface area contributed by atoms with Gasteiger partial charge in [0.05, 0.1) is 0 Å². The van der Waals surface area contributed by atoms with Crippen molar-refractivity contribution in [2.24, 2.45) is 28.7 Å². The van der Waals surface area contributed by atoms with Gasteiger partial charge in [0.2, 0.25) is 0 Å². The number of rotatable bonds is 30. The van der Waals surface area contributed by atoms with Gasteiger partial charge in [-0.15, -0.1) is 0 Å². The van der Waals surface area contributed by atoms with Crippen LogP contribution in [-0.4, -0.2) is 172 Å². The number of hydrogen-bond acceptors (Lipinski definition) is 13. The first kappa shape index (κ1) is 40.6. The lowest BCUT2D eigenvalue weighted by Gasteiger charge is -2.28. The van der Waals surface area contributed by atoms with Crippen molar-refractivity contribution in [1.29, 1.82) is 0 Å². The zero-order chi connectivity index (χ0) is 29.2. The highest BCUT2D eigenvalue weighted by atomic mass is 15.2. The van der Waals surface area contributed by atoms with Crippen LogP contribution < -0.4 is 55.3 Å². The molecule has 0 fully saturated rings. The summed E-state index contributed by atoms with van der Waals surface area (Å²) in [5.74, 6) is 0. The van der Waals surface area contributed by atoms with Crippen molar-refractivity contribution in [3.8, 4) is 0 Å². The Kier molecular flexibility index (Phi) is 37.0. The molecule has 0 saturated heterocycles. The Morgan fingerprint density at radius 3 is 0.923 bits per heavy atom. The molecule has 15 N–H and O–H groups in total. The molecule has 39 heavy (non-hydrogen) atoms. The van der Waals surface area contributed by atoms with Crippen LogP contribution in [0.4, 0.5) is 0 Å². The molecule has 0 aromatic rings. The van der Waals surface area contributed by atoms with E-state index in [0.29, 0.717) is 32.7 Å². The Bertz CT molecular complexity index is 415. The van der Waals surface area contributed by atoms with E-state index in [4.69, 9.17) is 28.7 Å². The van der Waals surface area contributed by atoms with E-state index in [0.717, 1.165) is 118 Å². The van der Waals surface area contributed by atoms with Crippen LogP contribution in [0, 0.1) is 0 Å². The summed E-state index contributed by atoms with van der Waals surface area (Å²) in [6, 6.07) is 0. The van der Waals surface area contributed by atoms with Crippen LogP contribution in [0.1, 0.15) is 13.3 Å². The fourth-order valence-electron chi connectivity index (χ4n) is 3.90. The summed E-state index contributed by atoms with van der Waals surface area (Å²) in [6.45, 7) is 22.9. The Morgan fingerprint density at radius 2 is 0.692 bits per heavy atom.